The van der Waals surface area contributed by atoms with Gasteiger partial charge in [0.2, 0.25) is 0 Å². The van der Waals surface area contributed by atoms with Crippen molar-refractivity contribution >= 4 is 22.6 Å². The van der Waals surface area contributed by atoms with E-state index in [4.69, 9.17) is 4.42 Å². The smallest absolute Gasteiger partial charge is 0.349 e. The molecule has 5 nitrogen and oxygen atoms in total. The van der Waals surface area contributed by atoms with Crippen LogP contribution in [-0.4, -0.2) is 11.0 Å². The topological polar surface area (TPSA) is 79.5 Å². The van der Waals surface area contributed by atoms with Crippen molar-refractivity contribution in [3.05, 3.63) is 76.1 Å². The molecule has 3 aromatic rings. The van der Waals surface area contributed by atoms with E-state index in [2.05, 4.69) is 5.32 Å². The van der Waals surface area contributed by atoms with Crippen molar-refractivity contribution in [3.8, 4) is 0 Å². The van der Waals surface area contributed by atoms with E-state index in [-0.39, 0.29) is 5.56 Å². The Hall–Kier alpha value is -2.92. The lowest BCUT2D eigenvalue weighted by atomic mass is 10.1. The fourth-order valence-corrected chi connectivity index (χ4v) is 2.39. The molecule has 116 valence electrons. The third-order valence-corrected chi connectivity index (χ3v) is 3.55. The predicted molar refractivity (Wildman–Crippen MR) is 87.5 cm³/mol. The SMILES string of the molecule is CC(O)c1ccccc1NC(=O)c1cc2ccccc2oc1=O. The lowest BCUT2D eigenvalue weighted by Crippen LogP contribution is -2.21. The lowest BCUT2D eigenvalue weighted by molar-refractivity contribution is 0.102. The molecular formula is C18H15NO4. The Morgan fingerprint density at radius 3 is 2.61 bits per heavy atom. The molecule has 1 atom stereocenters. The summed E-state index contributed by atoms with van der Waals surface area (Å²) in [4.78, 5) is 24.4. The molecule has 0 aliphatic carbocycles. The van der Waals surface area contributed by atoms with Crippen LogP contribution in [-0.2, 0) is 0 Å². The average molecular weight is 309 g/mol. The minimum Gasteiger partial charge on any atom is -0.422 e. The summed E-state index contributed by atoms with van der Waals surface area (Å²) in [6.45, 7) is 1.61. The third kappa shape index (κ3) is 3.00. The van der Waals surface area contributed by atoms with Crippen LogP contribution < -0.4 is 10.9 Å². The molecule has 2 N–H and O–H groups in total. The largest absolute Gasteiger partial charge is 0.422 e. The van der Waals surface area contributed by atoms with Gasteiger partial charge in [0, 0.05) is 16.6 Å². The zero-order chi connectivity index (χ0) is 16.4. The second-order valence-corrected chi connectivity index (χ2v) is 5.20. The van der Waals surface area contributed by atoms with Crippen LogP contribution in [0.25, 0.3) is 11.0 Å². The number of rotatable bonds is 3. The molecule has 3 rings (SSSR count). The number of carbonyl (C=O) groups excluding carboxylic acids is 1. The van der Waals surface area contributed by atoms with Crippen LogP contribution in [0.5, 0.6) is 0 Å². The highest BCUT2D eigenvalue weighted by Gasteiger charge is 2.16. The molecule has 23 heavy (non-hydrogen) atoms. The summed E-state index contributed by atoms with van der Waals surface area (Å²) < 4.78 is 5.16. The Labute approximate surface area is 132 Å². The number of nitrogens with one attached hydrogen (secondary N) is 1. The van der Waals surface area contributed by atoms with Crippen molar-refractivity contribution in [1.82, 2.24) is 0 Å². The first-order valence-corrected chi connectivity index (χ1v) is 7.17. The van der Waals surface area contributed by atoms with E-state index < -0.39 is 17.6 Å². The molecule has 0 aliphatic heterocycles. The van der Waals surface area contributed by atoms with Crippen molar-refractivity contribution < 1.29 is 14.3 Å². The molecule has 1 heterocycles. The fourth-order valence-electron chi connectivity index (χ4n) is 2.39. The summed E-state index contributed by atoms with van der Waals surface area (Å²) >= 11 is 0. The lowest BCUT2D eigenvalue weighted by Gasteiger charge is -2.12. The maximum Gasteiger partial charge on any atom is 0.349 e. The number of aliphatic hydroxyl groups excluding tert-OH is 1. The minimum atomic E-state index is -0.737. The monoisotopic (exact) mass is 309 g/mol. The molecular weight excluding hydrogens is 294 g/mol. The number of benzene rings is 2. The van der Waals surface area contributed by atoms with Crippen molar-refractivity contribution in [2.75, 3.05) is 5.32 Å². The maximum atomic E-state index is 12.4. The van der Waals surface area contributed by atoms with Crippen LogP contribution in [0.2, 0.25) is 0 Å². The van der Waals surface area contributed by atoms with E-state index >= 15 is 0 Å². The number of anilines is 1. The van der Waals surface area contributed by atoms with Crippen LogP contribution in [0.3, 0.4) is 0 Å². The third-order valence-electron chi connectivity index (χ3n) is 3.55. The summed E-state index contributed by atoms with van der Waals surface area (Å²) in [5.41, 5.74) is 0.685. The van der Waals surface area contributed by atoms with Gasteiger partial charge in [-0.25, -0.2) is 4.79 Å². The quantitative estimate of drug-likeness (QED) is 0.729. The van der Waals surface area contributed by atoms with Gasteiger partial charge < -0.3 is 14.8 Å². The Bertz CT molecular complexity index is 927. The van der Waals surface area contributed by atoms with Gasteiger partial charge in [0.1, 0.15) is 11.1 Å². The molecule has 1 amide bonds. The van der Waals surface area contributed by atoms with Crippen molar-refractivity contribution in [2.45, 2.75) is 13.0 Å². The molecule has 5 heteroatoms. The second-order valence-electron chi connectivity index (χ2n) is 5.20. The van der Waals surface area contributed by atoms with E-state index in [1.807, 2.05) is 0 Å². The van der Waals surface area contributed by atoms with Crippen LogP contribution >= 0.6 is 0 Å². The highest BCUT2D eigenvalue weighted by Crippen LogP contribution is 2.23. The predicted octanol–water partition coefficient (Wildman–Crippen LogP) is 3.10. The van der Waals surface area contributed by atoms with Gasteiger partial charge >= 0.3 is 5.63 Å². The molecule has 0 bridgehead atoms. The summed E-state index contributed by atoms with van der Waals surface area (Å²) in [5, 5.41) is 13.1. The second kappa shape index (κ2) is 6.06. The first-order chi connectivity index (χ1) is 11.1. The molecule has 1 aromatic heterocycles. The standard InChI is InChI=1S/C18H15NO4/c1-11(20)13-7-3-4-8-15(13)19-17(21)14-10-12-6-2-5-9-16(12)23-18(14)22/h2-11,20H,1H3,(H,19,21). The van der Waals surface area contributed by atoms with Crippen LogP contribution in [0, 0.1) is 0 Å². The Morgan fingerprint density at radius 2 is 1.83 bits per heavy atom. The van der Waals surface area contributed by atoms with Gasteiger partial charge in [0.25, 0.3) is 5.91 Å². The van der Waals surface area contributed by atoms with Crippen molar-refractivity contribution in [3.63, 3.8) is 0 Å². The summed E-state index contributed by atoms with van der Waals surface area (Å²) in [6, 6.07) is 15.4. The van der Waals surface area contributed by atoms with Crippen LogP contribution in [0.15, 0.2) is 63.8 Å². The summed E-state index contributed by atoms with van der Waals surface area (Å²) in [5.74, 6) is -0.572. The van der Waals surface area contributed by atoms with Crippen LogP contribution in [0.1, 0.15) is 28.9 Å². The van der Waals surface area contributed by atoms with E-state index in [0.29, 0.717) is 22.2 Å². The molecule has 0 saturated carbocycles. The molecule has 0 spiro atoms. The van der Waals surface area contributed by atoms with Crippen molar-refractivity contribution in [1.29, 1.82) is 0 Å². The fraction of sp³-hybridized carbons (Fsp3) is 0.111. The average Bonchev–Trinajstić information content (AvgIpc) is 2.54. The normalized spacial score (nSPS) is 12.1. The number of para-hydroxylation sites is 2. The highest BCUT2D eigenvalue weighted by molar-refractivity contribution is 6.05. The van der Waals surface area contributed by atoms with E-state index in [9.17, 15) is 14.7 Å². The molecule has 0 radical (unpaired) electrons. The first-order valence-electron chi connectivity index (χ1n) is 7.17. The van der Waals surface area contributed by atoms with Gasteiger partial charge in [-0.15, -0.1) is 0 Å². The highest BCUT2D eigenvalue weighted by atomic mass is 16.4. The Morgan fingerprint density at radius 1 is 1.13 bits per heavy atom. The van der Waals surface area contributed by atoms with Crippen LogP contribution in [0.4, 0.5) is 5.69 Å². The van der Waals surface area contributed by atoms with E-state index in [1.165, 1.54) is 6.07 Å². The Balaban J connectivity index is 1.98. The van der Waals surface area contributed by atoms with E-state index in [1.54, 1.807) is 55.5 Å². The number of aliphatic hydroxyl groups is 1. The van der Waals surface area contributed by atoms with Crippen molar-refractivity contribution in [2.24, 2.45) is 0 Å². The molecule has 0 aliphatic rings. The van der Waals surface area contributed by atoms with Gasteiger partial charge in [0.15, 0.2) is 0 Å². The summed E-state index contributed by atoms with van der Waals surface area (Å²) in [6.07, 6.45) is -0.737. The zero-order valence-electron chi connectivity index (χ0n) is 12.4. The maximum absolute atomic E-state index is 12.4. The minimum absolute atomic E-state index is 0.0795. The molecule has 0 fully saturated rings. The number of fused-ring (bicyclic) bond motifs is 1. The summed E-state index contributed by atoms with van der Waals surface area (Å²) in [7, 11) is 0. The number of amides is 1. The van der Waals surface area contributed by atoms with Gasteiger partial charge in [-0.1, -0.05) is 36.4 Å². The van der Waals surface area contributed by atoms with Gasteiger partial charge in [-0.05, 0) is 25.1 Å². The molecule has 2 aromatic carbocycles. The Kier molecular flexibility index (Phi) is 3.95. The number of hydrogen-bond donors (Lipinski definition) is 2. The first kappa shape index (κ1) is 15.0. The van der Waals surface area contributed by atoms with Gasteiger partial charge in [-0.2, -0.15) is 0 Å². The number of hydrogen-bond acceptors (Lipinski definition) is 4. The van der Waals surface area contributed by atoms with Gasteiger partial charge in [0.05, 0.1) is 6.10 Å². The van der Waals surface area contributed by atoms with Gasteiger partial charge in [-0.3, -0.25) is 4.79 Å². The van der Waals surface area contributed by atoms with E-state index in [0.717, 1.165) is 0 Å². The molecule has 1 unspecified atom stereocenters. The number of carbonyl (C=O) groups is 1. The zero-order valence-corrected chi connectivity index (χ0v) is 12.4. The molecule has 0 saturated heterocycles.